The Balaban J connectivity index is 1.54. The second kappa shape index (κ2) is 9.45. The van der Waals surface area contributed by atoms with Gasteiger partial charge in [-0.25, -0.2) is 4.79 Å². The van der Waals surface area contributed by atoms with Gasteiger partial charge in [0.15, 0.2) is 0 Å². The van der Waals surface area contributed by atoms with Crippen LogP contribution in [0.2, 0.25) is 0 Å². The minimum atomic E-state index is -0.363. The zero-order chi connectivity index (χ0) is 19.1. The Bertz CT molecular complexity index is 745. The smallest absolute Gasteiger partial charge is 0.410 e. The van der Waals surface area contributed by atoms with E-state index in [9.17, 15) is 4.79 Å². The first-order chi connectivity index (χ1) is 13.2. The molecule has 1 unspecified atom stereocenters. The predicted molar refractivity (Wildman–Crippen MR) is 110 cm³/mol. The first-order valence-corrected chi connectivity index (χ1v) is 10.1. The third-order valence-corrected chi connectivity index (χ3v) is 5.07. The molecule has 4 nitrogen and oxygen atoms in total. The molecular weight excluding hydrogens is 336 g/mol. The Morgan fingerprint density at radius 1 is 1.19 bits per heavy atom. The van der Waals surface area contributed by atoms with Crippen LogP contribution in [0.5, 0.6) is 5.75 Å². The number of hydrogen-bond acceptors (Lipinski definition) is 3. The van der Waals surface area contributed by atoms with Crippen LogP contribution < -0.4 is 15.0 Å². The summed E-state index contributed by atoms with van der Waals surface area (Å²) in [5.41, 5.74) is 3.79. The van der Waals surface area contributed by atoms with E-state index < -0.39 is 0 Å². The van der Waals surface area contributed by atoms with Gasteiger partial charge in [-0.15, -0.1) is 0 Å². The van der Waals surface area contributed by atoms with E-state index in [0.717, 1.165) is 32.4 Å². The predicted octanol–water partition coefficient (Wildman–Crippen LogP) is 5.31. The molecule has 1 atom stereocenters. The molecule has 0 spiro atoms. The Morgan fingerprint density at radius 3 is 2.78 bits per heavy atom. The van der Waals surface area contributed by atoms with Gasteiger partial charge in [0, 0.05) is 24.8 Å². The molecule has 1 amide bonds. The molecular formula is C23H30N2O2. The first kappa shape index (κ1) is 19.3. The average Bonchev–Trinajstić information content (AvgIpc) is 3.04. The maximum Gasteiger partial charge on any atom is 0.412 e. The van der Waals surface area contributed by atoms with E-state index in [-0.39, 0.29) is 12.1 Å². The van der Waals surface area contributed by atoms with Gasteiger partial charge in [0.05, 0.1) is 0 Å². The quantitative estimate of drug-likeness (QED) is 0.644. The van der Waals surface area contributed by atoms with E-state index in [0.29, 0.717) is 5.75 Å². The average molecular weight is 367 g/mol. The van der Waals surface area contributed by atoms with Crippen LogP contribution >= 0.6 is 0 Å². The first-order valence-electron chi connectivity index (χ1n) is 10.1. The molecule has 0 aromatic heterocycles. The van der Waals surface area contributed by atoms with Crippen LogP contribution in [0.3, 0.4) is 0 Å². The summed E-state index contributed by atoms with van der Waals surface area (Å²) in [6.45, 7) is 6.11. The molecule has 3 rings (SSSR count). The number of ether oxygens (including phenoxy) is 1. The van der Waals surface area contributed by atoms with Crippen LogP contribution in [0.15, 0.2) is 48.5 Å². The Hall–Kier alpha value is -2.49. The molecule has 0 aliphatic carbocycles. The third kappa shape index (κ3) is 5.49. The van der Waals surface area contributed by atoms with E-state index in [1.807, 2.05) is 25.1 Å². The fourth-order valence-electron chi connectivity index (χ4n) is 3.59. The SMILES string of the molecule is CCCCCC(C)NC(=O)Oc1ccc2c(c1)CCN2Cc1ccccc1. The van der Waals surface area contributed by atoms with Crippen molar-refractivity contribution < 1.29 is 9.53 Å². The van der Waals surface area contributed by atoms with Crippen molar-refractivity contribution in [3.05, 3.63) is 59.7 Å². The van der Waals surface area contributed by atoms with Gasteiger partial charge in [0.2, 0.25) is 0 Å². The van der Waals surface area contributed by atoms with Crippen LogP contribution in [-0.2, 0) is 13.0 Å². The normalized spacial score (nSPS) is 13.9. The van der Waals surface area contributed by atoms with Crippen molar-refractivity contribution in [1.29, 1.82) is 0 Å². The van der Waals surface area contributed by atoms with Gasteiger partial charge in [0.25, 0.3) is 0 Å². The number of benzene rings is 2. The highest BCUT2D eigenvalue weighted by Crippen LogP contribution is 2.32. The van der Waals surface area contributed by atoms with Crippen LogP contribution in [0.1, 0.15) is 50.7 Å². The fourth-order valence-corrected chi connectivity index (χ4v) is 3.59. The summed E-state index contributed by atoms with van der Waals surface area (Å²) in [6, 6.07) is 16.6. The second-order valence-electron chi connectivity index (χ2n) is 7.38. The number of nitrogens with one attached hydrogen (secondary N) is 1. The van der Waals surface area contributed by atoms with E-state index >= 15 is 0 Å². The lowest BCUT2D eigenvalue weighted by Crippen LogP contribution is -2.34. The molecule has 0 saturated carbocycles. The molecule has 4 heteroatoms. The second-order valence-corrected chi connectivity index (χ2v) is 7.38. The lowest BCUT2D eigenvalue weighted by Gasteiger charge is -2.19. The maximum absolute atomic E-state index is 12.1. The lowest BCUT2D eigenvalue weighted by atomic mass is 10.1. The monoisotopic (exact) mass is 366 g/mol. The summed E-state index contributed by atoms with van der Waals surface area (Å²) >= 11 is 0. The zero-order valence-corrected chi connectivity index (χ0v) is 16.4. The summed E-state index contributed by atoms with van der Waals surface area (Å²) in [6.07, 6.45) is 5.13. The molecule has 144 valence electrons. The van der Waals surface area contributed by atoms with E-state index in [2.05, 4.69) is 47.5 Å². The van der Waals surface area contributed by atoms with Crippen molar-refractivity contribution in [3.63, 3.8) is 0 Å². The molecule has 0 bridgehead atoms. The molecule has 2 aromatic carbocycles. The van der Waals surface area contributed by atoms with Gasteiger partial charge in [-0.05, 0) is 49.1 Å². The van der Waals surface area contributed by atoms with Crippen LogP contribution in [0.25, 0.3) is 0 Å². The minimum Gasteiger partial charge on any atom is -0.410 e. The van der Waals surface area contributed by atoms with Crippen molar-refractivity contribution >= 4 is 11.8 Å². The van der Waals surface area contributed by atoms with Crippen molar-refractivity contribution in [2.45, 2.75) is 58.5 Å². The van der Waals surface area contributed by atoms with Crippen molar-refractivity contribution in [1.82, 2.24) is 5.32 Å². The number of carbonyl (C=O) groups excluding carboxylic acids is 1. The van der Waals surface area contributed by atoms with Gasteiger partial charge in [-0.3, -0.25) is 0 Å². The number of anilines is 1. The highest BCUT2D eigenvalue weighted by atomic mass is 16.6. The van der Waals surface area contributed by atoms with E-state index in [1.165, 1.54) is 29.7 Å². The van der Waals surface area contributed by atoms with E-state index in [1.54, 1.807) is 0 Å². The molecule has 0 saturated heterocycles. The highest BCUT2D eigenvalue weighted by molar-refractivity contribution is 5.71. The zero-order valence-electron chi connectivity index (χ0n) is 16.4. The lowest BCUT2D eigenvalue weighted by molar-refractivity contribution is 0.196. The number of fused-ring (bicyclic) bond motifs is 1. The number of nitrogens with zero attached hydrogens (tertiary/aromatic N) is 1. The standard InChI is InChI=1S/C23H30N2O2/c1-3-4-6-9-18(2)24-23(26)27-21-12-13-22-20(16-21)14-15-25(22)17-19-10-7-5-8-11-19/h5,7-8,10-13,16,18H,3-4,6,9,14-15,17H2,1-2H3,(H,24,26). The number of unbranched alkanes of at least 4 members (excludes halogenated alkanes) is 2. The fraction of sp³-hybridized carbons (Fsp3) is 0.435. The highest BCUT2D eigenvalue weighted by Gasteiger charge is 2.20. The maximum atomic E-state index is 12.1. The molecule has 27 heavy (non-hydrogen) atoms. The Kier molecular flexibility index (Phi) is 6.74. The van der Waals surface area contributed by atoms with Crippen LogP contribution in [-0.4, -0.2) is 18.7 Å². The Labute approximate surface area is 162 Å². The number of hydrogen-bond donors (Lipinski definition) is 1. The summed E-state index contributed by atoms with van der Waals surface area (Å²) < 4.78 is 5.50. The molecule has 1 N–H and O–H groups in total. The molecule has 0 radical (unpaired) electrons. The number of amides is 1. The topological polar surface area (TPSA) is 41.6 Å². The van der Waals surface area contributed by atoms with Gasteiger partial charge in [-0.1, -0.05) is 56.5 Å². The third-order valence-electron chi connectivity index (χ3n) is 5.07. The van der Waals surface area contributed by atoms with Crippen molar-refractivity contribution in [2.75, 3.05) is 11.4 Å². The molecule has 1 aliphatic rings. The van der Waals surface area contributed by atoms with Gasteiger partial charge >= 0.3 is 6.09 Å². The largest absolute Gasteiger partial charge is 0.412 e. The van der Waals surface area contributed by atoms with Crippen LogP contribution in [0, 0.1) is 0 Å². The molecule has 2 aromatic rings. The summed E-state index contributed by atoms with van der Waals surface area (Å²) in [5.74, 6) is 0.619. The minimum absolute atomic E-state index is 0.139. The van der Waals surface area contributed by atoms with Gasteiger partial charge < -0.3 is 15.0 Å². The van der Waals surface area contributed by atoms with Crippen molar-refractivity contribution in [2.24, 2.45) is 0 Å². The summed E-state index contributed by atoms with van der Waals surface area (Å²) in [4.78, 5) is 14.5. The van der Waals surface area contributed by atoms with Crippen LogP contribution in [0.4, 0.5) is 10.5 Å². The van der Waals surface area contributed by atoms with Gasteiger partial charge in [0.1, 0.15) is 5.75 Å². The number of rotatable bonds is 8. The van der Waals surface area contributed by atoms with Crippen molar-refractivity contribution in [3.8, 4) is 5.75 Å². The summed E-state index contributed by atoms with van der Waals surface area (Å²) in [7, 11) is 0. The van der Waals surface area contributed by atoms with E-state index in [4.69, 9.17) is 4.74 Å². The van der Waals surface area contributed by atoms with Gasteiger partial charge in [-0.2, -0.15) is 0 Å². The molecule has 1 heterocycles. The molecule has 0 fully saturated rings. The summed E-state index contributed by atoms with van der Waals surface area (Å²) in [5, 5.41) is 2.92. The molecule has 1 aliphatic heterocycles. The number of carbonyl (C=O) groups is 1. The Morgan fingerprint density at radius 2 is 2.00 bits per heavy atom.